The fourth-order valence-corrected chi connectivity index (χ4v) is 7.70. The highest BCUT2D eigenvalue weighted by Crippen LogP contribution is 2.35. The SMILES string of the molecule is C=Cc1ccc(CNC(=O)[C@H](O)[C@@H](O)[C@H](O[C@H]2O[C@H](CO)[C@@H](O[C@H]3O[C@H](CO)[C@@H](O[C@H]4O[C@H](CO)[C@@H](O[C@H]5O[C@H](CO)[C@@H](O)[C@H](O)[C@H]5O)[C@H](O)[C@H]4O)[C@H](O)[C@H]3O)[C@H](O)[C@H]2O)[C@H](O)CO)cc1. The van der Waals surface area contributed by atoms with Crippen LogP contribution in [0, 0.1) is 0 Å². The molecule has 4 fully saturated rings. The fourth-order valence-electron chi connectivity index (χ4n) is 7.70. The number of carbonyl (C=O) groups excluding carboxylic acids is 1. The van der Waals surface area contributed by atoms with Gasteiger partial charge in [0.2, 0.25) is 0 Å². The minimum absolute atomic E-state index is 0.101. The van der Waals surface area contributed by atoms with Crippen LogP contribution in [0.25, 0.3) is 6.08 Å². The third-order valence-electron chi connectivity index (χ3n) is 11.7. The van der Waals surface area contributed by atoms with Crippen LogP contribution in [0.5, 0.6) is 0 Å². The standard InChI is InChI=1S/C39H61NO26/c1-2-13-3-5-14(6-4-13)7-40-35(58)26(53)22(49)31(15(46)8-41)63-37-28(55)23(50)33(17(10-43)60-37)65-39-30(57)25(52)34(19(12-45)62-39)66-38-29(56)24(51)32(18(11-44)61-38)64-36-27(54)21(48)20(47)16(9-42)59-36/h2-6,15-34,36-39,41-57H,1,7-12H2,(H,40,58)/t15-,16-,17-,18-,19-,20-,21+,22-,23-,24-,25-,26-,27-,28-,29-,30-,31-,32-,33-,34-,36-,37-,38-,39-/m1/s1. The molecule has 0 aliphatic carbocycles. The quantitative estimate of drug-likeness (QED) is 0.0577. The first-order chi connectivity index (χ1) is 31.3. The zero-order valence-electron chi connectivity index (χ0n) is 35.0. The molecule has 24 atom stereocenters. The number of aliphatic hydroxyl groups excluding tert-OH is 17. The Kier molecular flexibility index (Phi) is 20.0. The number of amides is 1. The van der Waals surface area contributed by atoms with Gasteiger partial charge >= 0.3 is 0 Å². The van der Waals surface area contributed by atoms with E-state index in [0.717, 1.165) is 5.56 Å². The first-order valence-corrected chi connectivity index (χ1v) is 20.8. The Hall–Kier alpha value is -2.57. The topological polar surface area (TPSA) is 447 Å². The van der Waals surface area contributed by atoms with Crippen molar-refractivity contribution in [3.8, 4) is 0 Å². The Morgan fingerprint density at radius 1 is 0.576 bits per heavy atom. The summed E-state index contributed by atoms with van der Waals surface area (Å²) in [5, 5.41) is 181. The zero-order chi connectivity index (χ0) is 48.7. The van der Waals surface area contributed by atoms with E-state index in [0.29, 0.717) is 5.56 Å². The summed E-state index contributed by atoms with van der Waals surface area (Å²) in [7, 11) is 0. The zero-order valence-corrected chi connectivity index (χ0v) is 35.0. The second-order valence-electron chi connectivity index (χ2n) is 16.1. The predicted molar refractivity (Wildman–Crippen MR) is 210 cm³/mol. The average Bonchev–Trinajstić information content (AvgIpc) is 3.32. The van der Waals surface area contributed by atoms with Crippen LogP contribution in [0.2, 0.25) is 0 Å². The normalized spacial score (nSPS) is 41.7. The highest BCUT2D eigenvalue weighted by molar-refractivity contribution is 5.81. The van der Waals surface area contributed by atoms with Crippen molar-refractivity contribution in [2.45, 2.75) is 154 Å². The van der Waals surface area contributed by atoms with Crippen molar-refractivity contribution in [3.05, 3.63) is 42.0 Å². The van der Waals surface area contributed by atoms with E-state index >= 15 is 0 Å². The Labute approximate surface area is 375 Å². The van der Waals surface area contributed by atoms with Crippen molar-refractivity contribution in [2.24, 2.45) is 0 Å². The minimum Gasteiger partial charge on any atom is -0.394 e. The number of hydrogen-bond donors (Lipinski definition) is 18. The van der Waals surface area contributed by atoms with Crippen molar-refractivity contribution >= 4 is 12.0 Å². The minimum atomic E-state index is -2.30. The molecule has 18 N–H and O–H groups in total. The molecule has 5 rings (SSSR count). The van der Waals surface area contributed by atoms with Crippen LogP contribution in [0.15, 0.2) is 30.8 Å². The van der Waals surface area contributed by atoms with Gasteiger partial charge in [-0.05, 0) is 11.1 Å². The summed E-state index contributed by atoms with van der Waals surface area (Å²) in [5.74, 6) is -1.13. The number of benzene rings is 1. The van der Waals surface area contributed by atoms with Crippen molar-refractivity contribution in [2.75, 3.05) is 33.0 Å². The summed E-state index contributed by atoms with van der Waals surface area (Å²) >= 11 is 0. The van der Waals surface area contributed by atoms with E-state index in [2.05, 4.69) is 11.9 Å². The third kappa shape index (κ3) is 12.1. The van der Waals surface area contributed by atoms with Crippen molar-refractivity contribution < 1.29 is 130 Å². The van der Waals surface area contributed by atoms with Gasteiger partial charge in [-0.3, -0.25) is 4.79 Å². The van der Waals surface area contributed by atoms with Gasteiger partial charge < -0.3 is 130 Å². The summed E-state index contributed by atoms with van der Waals surface area (Å²) in [6.07, 6.45) is -45.3. The maximum atomic E-state index is 12.8. The van der Waals surface area contributed by atoms with E-state index in [1.807, 2.05) is 0 Å². The molecule has 4 heterocycles. The molecule has 0 aromatic heterocycles. The van der Waals surface area contributed by atoms with Crippen molar-refractivity contribution in [3.63, 3.8) is 0 Å². The maximum Gasteiger partial charge on any atom is 0.251 e. The molecule has 66 heavy (non-hydrogen) atoms. The lowest BCUT2D eigenvalue weighted by molar-refractivity contribution is -0.390. The molecule has 0 unspecified atom stereocenters. The molecule has 1 amide bonds. The van der Waals surface area contributed by atoms with Gasteiger partial charge in [-0.1, -0.05) is 36.9 Å². The van der Waals surface area contributed by atoms with Gasteiger partial charge in [0.05, 0.1) is 33.0 Å². The second kappa shape index (κ2) is 24.3. The first kappa shape index (κ1) is 54.4. The highest BCUT2D eigenvalue weighted by Gasteiger charge is 2.56. The van der Waals surface area contributed by atoms with Crippen molar-refractivity contribution in [1.29, 1.82) is 0 Å². The van der Waals surface area contributed by atoms with Gasteiger partial charge in [-0.15, -0.1) is 0 Å². The van der Waals surface area contributed by atoms with Crippen LogP contribution < -0.4 is 5.32 Å². The lowest BCUT2D eigenvalue weighted by Crippen LogP contribution is -2.67. The molecule has 0 bridgehead atoms. The average molecular weight is 960 g/mol. The monoisotopic (exact) mass is 959 g/mol. The predicted octanol–water partition coefficient (Wildman–Crippen LogP) is -10.3. The molecule has 0 spiro atoms. The van der Waals surface area contributed by atoms with Gasteiger partial charge in [0.15, 0.2) is 31.3 Å². The number of nitrogens with one attached hydrogen (secondary N) is 1. The van der Waals surface area contributed by atoms with Gasteiger partial charge in [-0.2, -0.15) is 0 Å². The maximum absolute atomic E-state index is 12.8. The largest absolute Gasteiger partial charge is 0.394 e. The molecule has 1 aromatic carbocycles. The Balaban J connectivity index is 1.21. The Bertz CT molecular complexity index is 1640. The lowest BCUT2D eigenvalue weighted by Gasteiger charge is -2.49. The lowest BCUT2D eigenvalue weighted by atomic mass is 9.95. The molecule has 4 saturated heterocycles. The van der Waals surface area contributed by atoms with E-state index in [9.17, 15) is 91.6 Å². The summed E-state index contributed by atoms with van der Waals surface area (Å²) in [6, 6.07) is 6.75. The van der Waals surface area contributed by atoms with Crippen LogP contribution in [-0.4, -0.2) is 273 Å². The molecule has 27 nitrogen and oxygen atoms in total. The van der Waals surface area contributed by atoms with Gasteiger partial charge in [-0.25, -0.2) is 0 Å². The number of carbonyl (C=O) groups is 1. The molecule has 0 saturated carbocycles. The van der Waals surface area contributed by atoms with Crippen LogP contribution >= 0.6 is 0 Å². The van der Waals surface area contributed by atoms with Crippen LogP contribution in [0.1, 0.15) is 11.1 Å². The van der Waals surface area contributed by atoms with Crippen LogP contribution in [-0.2, 0) is 49.2 Å². The molecule has 4 aliphatic rings. The number of ether oxygens (including phenoxy) is 8. The summed E-state index contributed by atoms with van der Waals surface area (Å²) in [6.45, 7) is -1.40. The molecule has 0 radical (unpaired) electrons. The molecule has 27 heteroatoms. The summed E-state index contributed by atoms with van der Waals surface area (Å²) < 4.78 is 44.2. The van der Waals surface area contributed by atoms with Crippen molar-refractivity contribution in [1.82, 2.24) is 5.32 Å². The Morgan fingerprint density at radius 3 is 1.38 bits per heavy atom. The fraction of sp³-hybridized carbons (Fsp3) is 0.769. The third-order valence-corrected chi connectivity index (χ3v) is 11.7. The second-order valence-corrected chi connectivity index (χ2v) is 16.1. The molecule has 1 aromatic rings. The van der Waals surface area contributed by atoms with E-state index in [4.69, 9.17) is 37.9 Å². The van der Waals surface area contributed by atoms with Crippen LogP contribution in [0.4, 0.5) is 0 Å². The van der Waals surface area contributed by atoms with Gasteiger partial charge in [0.25, 0.3) is 5.91 Å². The van der Waals surface area contributed by atoms with E-state index < -0.39 is 186 Å². The summed E-state index contributed by atoms with van der Waals surface area (Å²) in [4.78, 5) is 12.8. The number of rotatable bonds is 20. The number of aliphatic hydroxyl groups is 17. The van der Waals surface area contributed by atoms with E-state index in [1.54, 1.807) is 30.3 Å². The van der Waals surface area contributed by atoms with Crippen LogP contribution in [0.3, 0.4) is 0 Å². The van der Waals surface area contributed by atoms with Gasteiger partial charge in [0, 0.05) is 6.54 Å². The Morgan fingerprint density at radius 2 is 0.970 bits per heavy atom. The smallest absolute Gasteiger partial charge is 0.251 e. The molecular weight excluding hydrogens is 898 g/mol. The summed E-state index contributed by atoms with van der Waals surface area (Å²) in [5.41, 5.74) is 1.40. The molecular formula is C39H61NO26. The number of hydrogen-bond acceptors (Lipinski definition) is 26. The highest BCUT2D eigenvalue weighted by atomic mass is 16.8. The van der Waals surface area contributed by atoms with Gasteiger partial charge in [0.1, 0.15) is 116 Å². The van der Waals surface area contributed by atoms with E-state index in [-0.39, 0.29) is 6.54 Å². The molecule has 378 valence electrons. The first-order valence-electron chi connectivity index (χ1n) is 20.8. The van der Waals surface area contributed by atoms with E-state index in [1.165, 1.54) is 0 Å². The molecule has 4 aliphatic heterocycles.